The largest absolute Gasteiger partial charge is 0.497 e. The van der Waals surface area contributed by atoms with Crippen LogP contribution in [0.25, 0.3) is 0 Å². The van der Waals surface area contributed by atoms with Crippen molar-refractivity contribution in [2.24, 2.45) is 4.99 Å². The van der Waals surface area contributed by atoms with Gasteiger partial charge < -0.3 is 24.4 Å². The summed E-state index contributed by atoms with van der Waals surface area (Å²) < 4.78 is 16.7. The van der Waals surface area contributed by atoms with Gasteiger partial charge in [-0.1, -0.05) is 0 Å². The van der Waals surface area contributed by atoms with Crippen LogP contribution in [0.5, 0.6) is 11.5 Å². The van der Waals surface area contributed by atoms with E-state index in [9.17, 15) is 0 Å². The van der Waals surface area contributed by atoms with Gasteiger partial charge in [0.1, 0.15) is 11.5 Å². The number of methoxy groups -OCH3 is 2. The maximum absolute atomic E-state index is 5.72. The van der Waals surface area contributed by atoms with Crippen LogP contribution in [-0.2, 0) is 4.74 Å². The van der Waals surface area contributed by atoms with Crippen LogP contribution >= 0.6 is 24.0 Å². The first kappa shape index (κ1) is 26.3. The molecule has 1 aromatic rings. The molecule has 3 aliphatic rings. The Bertz CT molecular complexity index is 757. The smallest absolute Gasteiger partial charge is 0.194 e. The second-order valence-corrected chi connectivity index (χ2v) is 9.28. The lowest BCUT2D eigenvalue weighted by molar-refractivity contribution is -0.0139. The summed E-state index contributed by atoms with van der Waals surface area (Å²) in [5.41, 5.74) is 1.44. The SMILES string of the molecule is CCNC(=NCC1(N2CCCC2)CCOCC1)N1CCC(c2cc(OC)cc(OC)c2)C1.I. The van der Waals surface area contributed by atoms with Crippen molar-refractivity contribution in [2.75, 3.05) is 66.7 Å². The number of hydrogen-bond donors (Lipinski definition) is 1. The van der Waals surface area contributed by atoms with Crippen LogP contribution in [0.4, 0.5) is 0 Å². The Morgan fingerprint density at radius 2 is 1.76 bits per heavy atom. The molecule has 3 heterocycles. The number of ether oxygens (including phenoxy) is 3. The summed E-state index contributed by atoms with van der Waals surface area (Å²) in [6.45, 7) is 9.97. The molecule has 3 fully saturated rings. The highest BCUT2D eigenvalue weighted by Crippen LogP contribution is 2.34. The lowest BCUT2D eigenvalue weighted by Gasteiger charge is -2.43. The van der Waals surface area contributed by atoms with E-state index in [4.69, 9.17) is 19.2 Å². The van der Waals surface area contributed by atoms with E-state index < -0.39 is 0 Å². The molecule has 4 rings (SSSR count). The molecule has 0 bridgehead atoms. The zero-order chi connectivity index (χ0) is 22.4. The fraction of sp³-hybridized carbons (Fsp3) is 0.720. The lowest BCUT2D eigenvalue weighted by atomic mass is 9.88. The Morgan fingerprint density at radius 1 is 1.09 bits per heavy atom. The van der Waals surface area contributed by atoms with E-state index >= 15 is 0 Å². The number of nitrogens with zero attached hydrogens (tertiary/aromatic N) is 3. The summed E-state index contributed by atoms with van der Waals surface area (Å²) >= 11 is 0. The average molecular weight is 573 g/mol. The number of hydrogen-bond acceptors (Lipinski definition) is 5. The molecule has 1 N–H and O–H groups in total. The predicted octanol–water partition coefficient (Wildman–Crippen LogP) is 3.72. The van der Waals surface area contributed by atoms with Crippen molar-refractivity contribution in [1.29, 1.82) is 0 Å². The van der Waals surface area contributed by atoms with E-state index in [0.717, 1.165) is 76.1 Å². The van der Waals surface area contributed by atoms with Crippen molar-refractivity contribution in [3.63, 3.8) is 0 Å². The average Bonchev–Trinajstić information content (AvgIpc) is 3.55. The van der Waals surface area contributed by atoms with Crippen molar-refractivity contribution in [2.45, 2.75) is 50.5 Å². The molecule has 33 heavy (non-hydrogen) atoms. The van der Waals surface area contributed by atoms with E-state index in [-0.39, 0.29) is 29.5 Å². The third-order valence-electron chi connectivity index (χ3n) is 7.39. The molecular formula is C25H41IN4O3. The van der Waals surface area contributed by atoms with E-state index in [1.165, 1.54) is 31.5 Å². The first-order valence-corrected chi connectivity index (χ1v) is 12.3. The van der Waals surface area contributed by atoms with Gasteiger partial charge in [-0.25, -0.2) is 0 Å². The summed E-state index contributed by atoms with van der Waals surface area (Å²) in [4.78, 5) is 10.3. The van der Waals surface area contributed by atoms with Crippen molar-refractivity contribution < 1.29 is 14.2 Å². The molecule has 1 atom stereocenters. The summed E-state index contributed by atoms with van der Waals surface area (Å²) in [5.74, 6) is 3.20. The molecule has 3 aliphatic heterocycles. The Morgan fingerprint density at radius 3 is 2.36 bits per heavy atom. The second kappa shape index (κ2) is 12.4. The zero-order valence-corrected chi connectivity index (χ0v) is 22.8. The van der Waals surface area contributed by atoms with Crippen LogP contribution in [0, 0.1) is 0 Å². The standard InChI is InChI=1S/C25H40N4O3.HI/c1-4-26-24(27-19-25(8-13-32-14-9-25)29-10-5-6-11-29)28-12-7-20(18-28)21-15-22(30-2)17-23(16-21)31-3;/h15-17,20H,4-14,18-19H2,1-3H3,(H,26,27);1H. The normalized spacial score (nSPS) is 23.3. The summed E-state index contributed by atoms with van der Waals surface area (Å²) in [6.07, 6.45) is 5.89. The van der Waals surface area contributed by atoms with Crippen LogP contribution in [0.15, 0.2) is 23.2 Å². The summed E-state index contributed by atoms with van der Waals surface area (Å²) in [7, 11) is 3.42. The second-order valence-electron chi connectivity index (χ2n) is 9.28. The minimum atomic E-state index is 0. The van der Waals surface area contributed by atoms with Gasteiger partial charge in [-0.3, -0.25) is 9.89 Å². The highest BCUT2D eigenvalue weighted by Gasteiger charge is 2.40. The van der Waals surface area contributed by atoms with Gasteiger partial charge in [0.15, 0.2) is 5.96 Å². The molecular weight excluding hydrogens is 531 g/mol. The third kappa shape index (κ3) is 6.25. The number of halogens is 1. The fourth-order valence-corrected chi connectivity index (χ4v) is 5.45. The number of guanidine groups is 1. The maximum atomic E-state index is 5.72. The maximum Gasteiger partial charge on any atom is 0.194 e. The Balaban J connectivity index is 0.00000306. The van der Waals surface area contributed by atoms with Crippen molar-refractivity contribution in [3.8, 4) is 11.5 Å². The molecule has 0 aliphatic carbocycles. The van der Waals surface area contributed by atoms with Crippen LogP contribution in [0.1, 0.15) is 50.5 Å². The number of aliphatic imine (C=N–C) groups is 1. The lowest BCUT2D eigenvalue weighted by Crippen LogP contribution is -2.54. The molecule has 0 saturated carbocycles. The highest BCUT2D eigenvalue weighted by atomic mass is 127. The highest BCUT2D eigenvalue weighted by molar-refractivity contribution is 14.0. The number of benzene rings is 1. The van der Waals surface area contributed by atoms with Crippen molar-refractivity contribution >= 4 is 29.9 Å². The van der Waals surface area contributed by atoms with Gasteiger partial charge in [0.25, 0.3) is 0 Å². The van der Waals surface area contributed by atoms with E-state index in [1.54, 1.807) is 14.2 Å². The Hall–Kier alpha value is -1.26. The molecule has 3 saturated heterocycles. The Labute approximate surface area is 216 Å². The molecule has 7 nitrogen and oxygen atoms in total. The van der Waals surface area contributed by atoms with E-state index in [0.29, 0.717) is 5.92 Å². The van der Waals surface area contributed by atoms with Crippen LogP contribution in [0.2, 0.25) is 0 Å². The molecule has 0 aromatic heterocycles. The number of nitrogens with one attached hydrogen (secondary N) is 1. The van der Waals surface area contributed by atoms with Gasteiger partial charge in [0.05, 0.1) is 20.8 Å². The van der Waals surface area contributed by atoms with Crippen LogP contribution in [-0.4, -0.2) is 88.0 Å². The first-order chi connectivity index (χ1) is 15.7. The van der Waals surface area contributed by atoms with Gasteiger partial charge in [-0.2, -0.15) is 0 Å². The van der Waals surface area contributed by atoms with Gasteiger partial charge >= 0.3 is 0 Å². The minimum Gasteiger partial charge on any atom is -0.497 e. The van der Waals surface area contributed by atoms with E-state index in [1.807, 2.05) is 6.07 Å². The summed E-state index contributed by atoms with van der Waals surface area (Å²) in [5, 5.41) is 3.57. The number of rotatable bonds is 7. The van der Waals surface area contributed by atoms with Crippen LogP contribution in [0.3, 0.4) is 0 Å². The number of likely N-dealkylation sites (tertiary alicyclic amines) is 2. The van der Waals surface area contributed by atoms with E-state index in [2.05, 4.69) is 34.2 Å². The molecule has 0 spiro atoms. The quantitative estimate of drug-likeness (QED) is 0.306. The minimum absolute atomic E-state index is 0. The van der Waals surface area contributed by atoms with Gasteiger partial charge in [-0.15, -0.1) is 24.0 Å². The molecule has 1 aromatic carbocycles. The zero-order valence-electron chi connectivity index (χ0n) is 20.5. The molecule has 0 radical (unpaired) electrons. The molecule has 1 unspecified atom stereocenters. The van der Waals surface area contributed by atoms with Gasteiger partial charge in [0, 0.05) is 50.4 Å². The van der Waals surface area contributed by atoms with Crippen LogP contribution < -0.4 is 14.8 Å². The first-order valence-electron chi connectivity index (χ1n) is 12.3. The molecule has 0 amide bonds. The van der Waals surface area contributed by atoms with Gasteiger partial charge in [-0.05, 0) is 69.8 Å². The third-order valence-corrected chi connectivity index (χ3v) is 7.39. The summed E-state index contributed by atoms with van der Waals surface area (Å²) in [6, 6.07) is 6.23. The van der Waals surface area contributed by atoms with Gasteiger partial charge in [0.2, 0.25) is 0 Å². The molecule has 8 heteroatoms. The monoisotopic (exact) mass is 572 g/mol. The van der Waals surface area contributed by atoms with Crippen molar-refractivity contribution in [3.05, 3.63) is 23.8 Å². The van der Waals surface area contributed by atoms with Crippen molar-refractivity contribution in [1.82, 2.24) is 15.1 Å². The molecule has 186 valence electrons. The predicted molar refractivity (Wildman–Crippen MR) is 143 cm³/mol. The Kier molecular flexibility index (Phi) is 9.94. The fourth-order valence-electron chi connectivity index (χ4n) is 5.45. The topological polar surface area (TPSA) is 58.6 Å².